The Bertz CT molecular complexity index is 505. The van der Waals surface area contributed by atoms with E-state index in [1.165, 1.54) is 0 Å². The van der Waals surface area contributed by atoms with Crippen LogP contribution in [0.4, 0.5) is 0 Å². The summed E-state index contributed by atoms with van der Waals surface area (Å²) >= 11 is 0. The molecule has 120 valence electrons. The fraction of sp³-hybridized carbons (Fsp3) is 0.588. The van der Waals surface area contributed by atoms with Crippen LogP contribution in [0, 0.1) is 5.92 Å². The van der Waals surface area contributed by atoms with Crippen LogP contribution in [0.2, 0.25) is 0 Å². The zero-order valence-electron chi connectivity index (χ0n) is 12.7. The maximum Gasteiger partial charge on any atom is 0.225 e. The van der Waals surface area contributed by atoms with E-state index in [4.69, 9.17) is 9.47 Å². The Hall–Kier alpha value is -1.75. The number of rotatable bonds is 3. The van der Waals surface area contributed by atoms with Crippen LogP contribution in [-0.2, 0) is 9.53 Å². The molecule has 0 aliphatic carbocycles. The third-order valence-corrected chi connectivity index (χ3v) is 4.44. The van der Waals surface area contributed by atoms with Crippen LogP contribution < -0.4 is 4.74 Å². The molecule has 3 rings (SSSR count). The number of piperidine rings is 1. The molecule has 5 heteroatoms. The Labute approximate surface area is 130 Å². The SMILES string of the molecule is O=C(C1CCOCC1)N1CCC(Oc2cccc(O)c2)CC1. The van der Waals surface area contributed by atoms with Gasteiger partial charge in [0.1, 0.15) is 17.6 Å². The van der Waals surface area contributed by atoms with Gasteiger partial charge in [0.2, 0.25) is 5.91 Å². The number of ether oxygens (including phenoxy) is 2. The Kier molecular flexibility index (Phi) is 4.83. The van der Waals surface area contributed by atoms with E-state index < -0.39 is 0 Å². The molecule has 2 heterocycles. The first-order chi connectivity index (χ1) is 10.7. The van der Waals surface area contributed by atoms with E-state index in [-0.39, 0.29) is 23.7 Å². The summed E-state index contributed by atoms with van der Waals surface area (Å²) in [4.78, 5) is 14.4. The van der Waals surface area contributed by atoms with Crippen LogP contribution in [0.25, 0.3) is 0 Å². The Morgan fingerprint density at radius 3 is 2.59 bits per heavy atom. The maximum atomic E-state index is 12.5. The summed E-state index contributed by atoms with van der Waals surface area (Å²) in [5.41, 5.74) is 0. The van der Waals surface area contributed by atoms with Crippen molar-refractivity contribution >= 4 is 5.91 Å². The molecule has 0 unspecified atom stereocenters. The maximum absolute atomic E-state index is 12.5. The van der Waals surface area contributed by atoms with Crippen molar-refractivity contribution in [1.29, 1.82) is 0 Å². The van der Waals surface area contributed by atoms with E-state index >= 15 is 0 Å². The standard InChI is InChI=1S/C17H23NO4/c19-14-2-1-3-16(12-14)22-15-4-8-18(9-5-15)17(20)13-6-10-21-11-7-13/h1-3,12-13,15,19H,4-11H2. The van der Waals surface area contributed by atoms with Gasteiger partial charge in [-0.2, -0.15) is 0 Å². The van der Waals surface area contributed by atoms with Crippen molar-refractivity contribution in [1.82, 2.24) is 4.90 Å². The molecule has 2 saturated heterocycles. The average molecular weight is 305 g/mol. The van der Waals surface area contributed by atoms with E-state index in [9.17, 15) is 9.90 Å². The second kappa shape index (κ2) is 7.01. The molecule has 1 N–H and O–H groups in total. The van der Waals surface area contributed by atoms with Crippen LogP contribution in [0.3, 0.4) is 0 Å². The van der Waals surface area contributed by atoms with Crippen LogP contribution in [0.5, 0.6) is 11.5 Å². The molecular formula is C17H23NO4. The highest BCUT2D eigenvalue weighted by molar-refractivity contribution is 5.79. The fourth-order valence-electron chi connectivity index (χ4n) is 3.15. The monoisotopic (exact) mass is 305 g/mol. The van der Waals surface area contributed by atoms with E-state index in [0.29, 0.717) is 19.0 Å². The molecule has 22 heavy (non-hydrogen) atoms. The molecule has 0 atom stereocenters. The van der Waals surface area contributed by atoms with E-state index in [1.54, 1.807) is 18.2 Å². The van der Waals surface area contributed by atoms with E-state index in [0.717, 1.165) is 38.8 Å². The minimum Gasteiger partial charge on any atom is -0.508 e. The summed E-state index contributed by atoms with van der Waals surface area (Å²) in [6.07, 6.45) is 3.48. The van der Waals surface area contributed by atoms with E-state index in [1.807, 2.05) is 11.0 Å². The van der Waals surface area contributed by atoms with Gasteiger partial charge in [0.15, 0.2) is 0 Å². The highest BCUT2D eigenvalue weighted by Gasteiger charge is 2.29. The first-order valence-corrected chi connectivity index (χ1v) is 8.04. The molecule has 0 radical (unpaired) electrons. The van der Waals surface area contributed by atoms with Gasteiger partial charge in [-0.05, 0) is 25.0 Å². The molecule has 1 aromatic rings. The first-order valence-electron chi connectivity index (χ1n) is 8.04. The van der Waals surface area contributed by atoms with Gasteiger partial charge in [0, 0.05) is 51.1 Å². The molecule has 0 aromatic heterocycles. The van der Waals surface area contributed by atoms with Gasteiger partial charge >= 0.3 is 0 Å². The number of phenols is 1. The Balaban J connectivity index is 1.48. The lowest BCUT2D eigenvalue weighted by atomic mass is 9.97. The van der Waals surface area contributed by atoms with Crippen LogP contribution in [-0.4, -0.2) is 48.3 Å². The van der Waals surface area contributed by atoms with Gasteiger partial charge < -0.3 is 19.5 Å². The van der Waals surface area contributed by atoms with Crippen LogP contribution >= 0.6 is 0 Å². The highest BCUT2D eigenvalue weighted by Crippen LogP contribution is 2.24. The minimum absolute atomic E-state index is 0.112. The number of likely N-dealkylation sites (tertiary alicyclic amines) is 1. The lowest BCUT2D eigenvalue weighted by molar-refractivity contribution is -0.140. The van der Waals surface area contributed by atoms with Crippen molar-refractivity contribution < 1.29 is 19.4 Å². The zero-order valence-corrected chi connectivity index (χ0v) is 12.7. The van der Waals surface area contributed by atoms with Crippen molar-refractivity contribution in [3.05, 3.63) is 24.3 Å². The Morgan fingerprint density at radius 2 is 1.91 bits per heavy atom. The summed E-state index contributed by atoms with van der Waals surface area (Å²) in [5, 5.41) is 9.46. The smallest absolute Gasteiger partial charge is 0.225 e. The number of hydrogen-bond donors (Lipinski definition) is 1. The summed E-state index contributed by atoms with van der Waals surface area (Å²) < 4.78 is 11.2. The van der Waals surface area contributed by atoms with Crippen LogP contribution in [0.15, 0.2) is 24.3 Å². The fourth-order valence-corrected chi connectivity index (χ4v) is 3.15. The number of aromatic hydroxyl groups is 1. The van der Waals surface area contributed by atoms with E-state index in [2.05, 4.69) is 0 Å². The molecule has 0 saturated carbocycles. The number of benzene rings is 1. The molecule has 0 spiro atoms. The summed E-state index contributed by atoms with van der Waals surface area (Å²) in [5.74, 6) is 1.32. The van der Waals surface area contributed by atoms with Crippen molar-refractivity contribution in [2.45, 2.75) is 31.8 Å². The van der Waals surface area contributed by atoms with Crippen molar-refractivity contribution in [3.63, 3.8) is 0 Å². The normalized spacial score (nSPS) is 20.8. The second-order valence-electron chi connectivity index (χ2n) is 6.03. The molecule has 5 nitrogen and oxygen atoms in total. The van der Waals surface area contributed by atoms with Gasteiger partial charge in [-0.15, -0.1) is 0 Å². The lowest BCUT2D eigenvalue weighted by Gasteiger charge is -2.35. The first kappa shape index (κ1) is 15.2. The largest absolute Gasteiger partial charge is 0.508 e. The minimum atomic E-state index is 0.112. The van der Waals surface area contributed by atoms with Crippen molar-refractivity contribution in [2.75, 3.05) is 26.3 Å². The molecule has 2 aliphatic heterocycles. The van der Waals surface area contributed by atoms with Crippen molar-refractivity contribution in [3.8, 4) is 11.5 Å². The lowest BCUT2D eigenvalue weighted by Crippen LogP contribution is -2.45. The topological polar surface area (TPSA) is 59.0 Å². The van der Waals surface area contributed by atoms with Gasteiger partial charge in [0.05, 0.1) is 0 Å². The third kappa shape index (κ3) is 3.71. The van der Waals surface area contributed by atoms with Gasteiger partial charge in [-0.3, -0.25) is 4.79 Å². The van der Waals surface area contributed by atoms with Crippen molar-refractivity contribution in [2.24, 2.45) is 5.92 Å². The number of phenolic OH excluding ortho intramolecular Hbond substituents is 1. The number of nitrogens with zero attached hydrogens (tertiary/aromatic N) is 1. The predicted octanol–water partition coefficient (Wildman–Crippen LogP) is 2.19. The second-order valence-corrected chi connectivity index (χ2v) is 6.03. The predicted molar refractivity (Wildman–Crippen MR) is 81.9 cm³/mol. The molecule has 2 fully saturated rings. The molecule has 2 aliphatic rings. The molecule has 1 amide bonds. The summed E-state index contributed by atoms with van der Waals surface area (Å²) in [6, 6.07) is 6.87. The summed E-state index contributed by atoms with van der Waals surface area (Å²) in [7, 11) is 0. The average Bonchev–Trinajstić information content (AvgIpc) is 2.56. The van der Waals surface area contributed by atoms with Crippen LogP contribution in [0.1, 0.15) is 25.7 Å². The van der Waals surface area contributed by atoms with Gasteiger partial charge in [0.25, 0.3) is 0 Å². The quantitative estimate of drug-likeness (QED) is 0.930. The highest BCUT2D eigenvalue weighted by atomic mass is 16.5. The number of carbonyl (C=O) groups is 1. The number of amides is 1. The third-order valence-electron chi connectivity index (χ3n) is 4.44. The molecule has 0 bridgehead atoms. The molecule has 1 aromatic carbocycles. The summed E-state index contributed by atoms with van der Waals surface area (Å²) in [6.45, 7) is 2.90. The number of hydrogen-bond acceptors (Lipinski definition) is 4. The zero-order chi connectivity index (χ0) is 15.4. The number of carbonyl (C=O) groups excluding carboxylic acids is 1. The molecular weight excluding hydrogens is 282 g/mol. The Morgan fingerprint density at radius 1 is 1.18 bits per heavy atom. The van der Waals surface area contributed by atoms with Gasteiger partial charge in [-0.25, -0.2) is 0 Å². The van der Waals surface area contributed by atoms with Gasteiger partial charge in [-0.1, -0.05) is 6.07 Å².